The first-order valence-corrected chi connectivity index (χ1v) is 30.2. The van der Waals surface area contributed by atoms with E-state index in [9.17, 15) is 14.7 Å². The van der Waals surface area contributed by atoms with E-state index in [1.165, 1.54) is 49.3 Å². The first-order valence-electron chi connectivity index (χ1n) is 25.4. The second-order valence-corrected chi connectivity index (χ2v) is 25.2. The molecule has 81 heavy (non-hydrogen) atoms. The average Bonchev–Trinajstić information content (AvgIpc) is 4.27. The van der Waals surface area contributed by atoms with Crippen molar-refractivity contribution in [3.05, 3.63) is 304 Å². The number of benzene rings is 9. The van der Waals surface area contributed by atoms with Crippen molar-refractivity contribution in [2.75, 3.05) is 19.7 Å². The molecule has 9 aromatic carbocycles. The first-order chi connectivity index (χ1) is 37.9. The number of nitrogens with two attached hydrogens (primary N) is 1. The Bertz CT molecular complexity index is 3130. The number of epoxide rings is 1. The molecule has 1 fully saturated rings. The zero-order chi connectivity index (χ0) is 55.5. The molecule has 2 aliphatic rings. The van der Waals surface area contributed by atoms with E-state index < -0.39 is 18.3 Å². The predicted molar refractivity (Wildman–Crippen MR) is 335 cm³/mol. The number of hydrogen-bond donors (Lipinski definition) is 2. The van der Waals surface area contributed by atoms with Gasteiger partial charge in [0.05, 0.1) is 19.3 Å². The molecule has 3 atom stereocenters. The zero-order valence-corrected chi connectivity index (χ0v) is 54.4. The fraction of sp³-hybridized carbons (Fsp3) is 0.162. The average molecular weight is 1300 g/mol. The Morgan fingerprint density at radius 2 is 1.02 bits per heavy atom. The molecule has 3 unspecified atom stereocenters. The molecule has 0 spiro atoms. The van der Waals surface area contributed by atoms with Crippen LogP contribution in [-0.4, -0.2) is 42.2 Å². The van der Waals surface area contributed by atoms with E-state index in [0.29, 0.717) is 18.2 Å². The molecule has 7 nitrogen and oxygen atoms in total. The molecule has 3 N–H and O–H groups in total. The van der Waals surface area contributed by atoms with Gasteiger partial charge in [-0.1, -0.05) is 192 Å². The molecule has 0 saturated carbocycles. The van der Waals surface area contributed by atoms with Crippen LogP contribution < -0.4 is 21.6 Å². The molecule has 2 aliphatic heterocycles. The molecular formula is C68H68ClN2O5P2SY2-. The molecule has 410 valence electrons. The maximum Gasteiger partial charge on any atom is 0.228 e. The van der Waals surface area contributed by atoms with Crippen LogP contribution in [0.25, 0.3) is 0 Å². The quantitative estimate of drug-likeness (QED) is 0.0436. The summed E-state index contributed by atoms with van der Waals surface area (Å²) in [7, 11) is 1.01. The van der Waals surface area contributed by atoms with Gasteiger partial charge in [0.1, 0.15) is 34.4 Å². The van der Waals surface area contributed by atoms with E-state index in [1.807, 2.05) is 86.6 Å². The van der Waals surface area contributed by atoms with Crippen LogP contribution >= 0.6 is 25.6 Å². The van der Waals surface area contributed by atoms with Crippen LogP contribution in [0.15, 0.2) is 242 Å². The monoisotopic (exact) mass is 1300 g/mol. The second-order valence-electron chi connectivity index (χ2n) is 18.2. The Balaban J connectivity index is 0.000000262. The van der Waals surface area contributed by atoms with E-state index in [2.05, 4.69) is 170 Å². The van der Waals surface area contributed by atoms with E-state index in [0.717, 1.165) is 42.5 Å². The summed E-state index contributed by atoms with van der Waals surface area (Å²) in [6, 6.07) is 84.2. The minimum atomic E-state index is -1.75. The van der Waals surface area contributed by atoms with E-state index in [1.54, 1.807) is 24.3 Å². The van der Waals surface area contributed by atoms with Crippen molar-refractivity contribution in [1.82, 2.24) is 0 Å². The molecule has 0 bridgehead atoms. The van der Waals surface area contributed by atoms with Crippen molar-refractivity contribution in [1.29, 1.82) is 0 Å². The summed E-state index contributed by atoms with van der Waals surface area (Å²) < 4.78 is 11.0. The molecule has 9 aromatic rings. The van der Waals surface area contributed by atoms with Gasteiger partial charge in [0, 0.05) is 77.5 Å². The van der Waals surface area contributed by atoms with Crippen molar-refractivity contribution in [3.8, 4) is 0 Å². The molecule has 11 rings (SSSR count). The Labute approximate surface area is 543 Å². The van der Waals surface area contributed by atoms with Crippen LogP contribution in [0.4, 0.5) is 0 Å². The standard InChI is InChI=1S/C18H15P2S.C16H14NO.C9H13NO.C9H10O.C8H8O.C7H4ClO.CH4.2Y/c21-19-20(16-10-4-1-5-11-16,17-12-6-2-7-13-17)18-14-8-3-9-15-18;1-12-7-9-13(10-8-12)15-11-17-16(18-15)14-5-3-2-4-6-14;1-7-2-4-8(5-3-7)9(11)6-10;1-7-2-4-8(5-3-7)9-6-10-9;1-7-2-4-8(6-9)5-3-7;8-7(9)6-4-2-1-3-5-6;;;/h1-15H;3-10,15H,11H2,1H3;2-5,9,11H,6,10H2,1H3;2-5,9H,6H2,1H3;2-6H,1H3;2-5H;1H4;;/q+1;-1;;;;-1;;;. The van der Waals surface area contributed by atoms with E-state index >= 15 is 0 Å². The number of carbonyl (C=O) groups is 2. The van der Waals surface area contributed by atoms with Crippen LogP contribution in [0.2, 0.25) is 0 Å². The smallest absolute Gasteiger partial charge is 0.228 e. The van der Waals surface area contributed by atoms with E-state index in [4.69, 9.17) is 38.6 Å². The summed E-state index contributed by atoms with van der Waals surface area (Å²) in [6.45, 7) is 8.32. The van der Waals surface area contributed by atoms with Crippen LogP contribution in [-0.2, 0) is 86.7 Å². The van der Waals surface area contributed by atoms with Gasteiger partial charge >= 0.3 is 0 Å². The van der Waals surface area contributed by atoms with Crippen LogP contribution in [0.1, 0.15) is 91.0 Å². The summed E-state index contributed by atoms with van der Waals surface area (Å²) >= 11 is 10.8. The number of carbonyl (C=O) groups excluding carboxylic acids is 2. The number of ether oxygens (including phenoxy) is 2. The Hall–Kier alpha value is -4.88. The fourth-order valence-electron chi connectivity index (χ4n) is 7.65. The number of rotatable bonds is 11. The van der Waals surface area contributed by atoms with Crippen molar-refractivity contribution < 1.29 is 89.6 Å². The molecule has 0 aliphatic carbocycles. The zero-order valence-electron chi connectivity index (χ0n) is 45.4. The third-order valence-corrected chi connectivity index (χ3v) is 20.8. The van der Waals surface area contributed by atoms with E-state index in [-0.39, 0.29) is 85.5 Å². The molecule has 1 saturated heterocycles. The second kappa shape index (κ2) is 38.1. The predicted octanol–water partition coefficient (Wildman–Crippen LogP) is 15.0. The van der Waals surface area contributed by atoms with Crippen LogP contribution in [0.3, 0.4) is 0 Å². The molecule has 0 amide bonds. The van der Waals surface area contributed by atoms with Gasteiger partial charge < -0.3 is 20.3 Å². The van der Waals surface area contributed by atoms with Gasteiger partial charge in [0.25, 0.3) is 0 Å². The number of nitrogens with zero attached hydrogens (tertiary/aromatic N) is 1. The summed E-state index contributed by atoms with van der Waals surface area (Å²) in [5, 5.41) is 12.9. The summed E-state index contributed by atoms with van der Waals surface area (Å²) in [5.74, 6) is 0.731. The van der Waals surface area contributed by atoms with Crippen molar-refractivity contribution >= 4 is 70.7 Å². The molecule has 13 heteroatoms. The minimum Gasteiger partial charge on any atom is -0.469 e. The maximum absolute atomic E-state index is 10.4. The molecule has 2 heterocycles. The largest absolute Gasteiger partial charge is 0.469 e. The van der Waals surface area contributed by atoms with Gasteiger partial charge in [-0.05, 0) is 104 Å². The SMILES string of the molecule is C.Cc1ccc(C(O)CN)cc1.Cc1ccc(C2CN=C(c3cc[c-]cc3)O2)cc1.Cc1ccc(C2CO2)cc1.Cc1ccc(C=O)cc1.O=C(Cl)c1cc[c-]cc1.S=P[P+](c1ccccc1)(c1ccccc1)c1ccccc1.[Y].[Y]. The normalized spacial score (nSPS) is 13.6. The van der Waals surface area contributed by atoms with Crippen molar-refractivity contribution in [2.24, 2.45) is 10.7 Å². The third-order valence-electron chi connectivity index (χ3n) is 12.2. The minimum absolute atomic E-state index is 0. The first kappa shape index (κ1) is 70.4. The number of aliphatic imine (C=N–C) groups is 1. The van der Waals surface area contributed by atoms with Gasteiger partial charge in [0.15, 0.2) is 19.9 Å². The topological polar surface area (TPSA) is 115 Å². The molecular weight excluding hydrogens is 1230 g/mol. The van der Waals surface area contributed by atoms with Gasteiger partial charge in [-0.3, -0.25) is 9.59 Å². The molecule has 0 aromatic heterocycles. The number of aliphatic hydroxyl groups is 1. The Morgan fingerprint density at radius 3 is 1.38 bits per heavy atom. The third kappa shape index (κ3) is 23.0. The van der Waals surface area contributed by atoms with Gasteiger partial charge in [-0.25, -0.2) is 4.99 Å². The number of halogens is 1. The van der Waals surface area contributed by atoms with Crippen LogP contribution in [0, 0.1) is 39.8 Å². The van der Waals surface area contributed by atoms with Gasteiger partial charge in [-0.2, -0.15) is 60.7 Å². The Kier molecular flexibility index (Phi) is 33.1. The van der Waals surface area contributed by atoms with Crippen molar-refractivity contribution in [2.45, 2.75) is 53.4 Å². The van der Waals surface area contributed by atoms with Crippen LogP contribution in [0.5, 0.6) is 0 Å². The summed E-state index contributed by atoms with van der Waals surface area (Å²) in [5.41, 5.74) is 15.9. The summed E-state index contributed by atoms with van der Waals surface area (Å²) in [4.78, 5) is 25.0. The number of aryl methyl sites for hydroxylation is 4. The maximum atomic E-state index is 10.4. The summed E-state index contributed by atoms with van der Waals surface area (Å²) in [6.07, 6.45) is 0.778. The fourth-order valence-corrected chi connectivity index (χ4v) is 15.4. The van der Waals surface area contributed by atoms with Gasteiger partial charge in [0.2, 0.25) is 5.24 Å². The van der Waals surface area contributed by atoms with Gasteiger partial charge in [-0.15, -0.1) is 0 Å². The Morgan fingerprint density at radius 1 is 0.642 bits per heavy atom. The number of aldehydes is 1. The number of aliphatic hydroxyl groups excluding tert-OH is 1. The number of hydrogen-bond acceptors (Lipinski definition) is 8. The molecule has 2 radical (unpaired) electrons. The van der Waals surface area contributed by atoms with Crippen molar-refractivity contribution in [3.63, 3.8) is 0 Å².